The number of nitrogens with two attached hydrogens (primary N) is 1. The Bertz CT molecular complexity index is 572. The highest BCUT2D eigenvalue weighted by atomic mass is 32.2. The average molecular weight is 298 g/mol. The van der Waals surface area contributed by atoms with Gasteiger partial charge in [-0.05, 0) is 42.9 Å². The highest BCUT2D eigenvalue weighted by molar-refractivity contribution is 7.89. The number of aliphatic hydroxyl groups excluding tert-OH is 1. The van der Waals surface area contributed by atoms with Gasteiger partial charge in [0, 0.05) is 25.4 Å². The number of hydrogen-bond donors (Lipinski definition) is 2. The zero-order chi connectivity index (χ0) is 14.8. The number of hydrogen-bond acceptors (Lipinski definition) is 4. The highest BCUT2D eigenvalue weighted by Gasteiger charge is 2.33. The molecule has 1 atom stereocenters. The number of nitrogen functional groups attached to an aromatic ring is 1. The average Bonchev–Trinajstić information content (AvgIpc) is 2.88. The molecule has 1 aliphatic heterocycles. The summed E-state index contributed by atoms with van der Waals surface area (Å²) >= 11 is 0. The van der Waals surface area contributed by atoms with Gasteiger partial charge in [0.05, 0.1) is 4.90 Å². The third-order valence-corrected chi connectivity index (χ3v) is 5.82. The third kappa shape index (κ3) is 2.97. The van der Waals surface area contributed by atoms with Gasteiger partial charge in [0.15, 0.2) is 0 Å². The fraction of sp³-hybridized carbons (Fsp3) is 0.571. The van der Waals surface area contributed by atoms with Gasteiger partial charge in [0.1, 0.15) is 0 Å². The summed E-state index contributed by atoms with van der Waals surface area (Å²) in [4.78, 5) is 0.324. The van der Waals surface area contributed by atoms with Crippen molar-refractivity contribution in [1.29, 1.82) is 0 Å². The molecule has 1 saturated heterocycles. The molecule has 0 amide bonds. The van der Waals surface area contributed by atoms with Gasteiger partial charge >= 0.3 is 0 Å². The molecule has 6 heteroatoms. The zero-order valence-corrected chi connectivity index (χ0v) is 12.6. The summed E-state index contributed by atoms with van der Waals surface area (Å²) in [6, 6.07) is 5.06. The topological polar surface area (TPSA) is 83.6 Å². The molecule has 1 heterocycles. The van der Waals surface area contributed by atoms with Crippen LogP contribution in [-0.2, 0) is 16.4 Å². The third-order valence-electron chi connectivity index (χ3n) is 3.88. The number of sulfonamides is 1. The van der Waals surface area contributed by atoms with Crippen molar-refractivity contribution >= 4 is 15.7 Å². The number of nitrogens with zero attached hydrogens (tertiary/aromatic N) is 1. The first-order valence-corrected chi connectivity index (χ1v) is 8.42. The van der Waals surface area contributed by atoms with Crippen molar-refractivity contribution in [1.82, 2.24) is 4.31 Å². The monoisotopic (exact) mass is 298 g/mol. The van der Waals surface area contributed by atoms with Crippen molar-refractivity contribution in [3.63, 3.8) is 0 Å². The predicted molar refractivity (Wildman–Crippen MR) is 78.8 cm³/mol. The van der Waals surface area contributed by atoms with Crippen molar-refractivity contribution in [2.24, 2.45) is 5.92 Å². The van der Waals surface area contributed by atoms with Crippen LogP contribution in [-0.4, -0.2) is 37.5 Å². The lowest BCUT2D eigenvalue weighted by molar-refractivity contribution is 0.259. The molecule has 2 rings (SSSR count). The molecule has 3 N–H and O–H groups in total. The van der Waals surface area contributed by atoms with Crippen LogP contribution in [0.25, 0.3) is 0 Å². The molecule has 1 unspecified atom stereocenters. The van der Waals surface area contributed by atoms with Crippen LogP contribution in [0, 0.1) is 5.92 Å². The van der Waals surface area contributed by atoms with E-state index < -0.39 is 10.0 Å². The van der Waals surface area contributed by atoms with Gasteiger partial charge in [0.25, 0.3) is 0 Å². The van der Waals surface area contributed by atoms with Crippen molar-refractivity contribution in [3.8, 4) is 0 Å². The maximum atomic E-state index is 12.7. The Morgan fingerprint density at radius 2 is 2.20 bits per heavy atom. The second kappa shape index (κ2) is 6.11. The standard InChI is InChI=1S/C14H22N2O3S/c1-2-12-3-4-13(15)9-14(12)20(18,19)16-7-5-11(10-16)6-8-17/h3-4,9,11,17H,2,5-8,10,15H2,1H3. The molecule has 1 fully saturated rings. The van der Waals surface area contributed by atoms with Gasteiger partial charge in [-0.3, -0.25) is 0 Å². The second-order valence-corrected chi connectivity index (χ2v) is 7.16. The first-order chi connectivity index (χ1) is 9.48. The SMILES string of the molecule is CCc1ccc(N)cc1S(=O)(=O)N1CCC(CCO)C1. The Balaban J connectivity index is 2.29. The van der Waals surface area contributed by atoms with Crippen LogP contribution in [0.2, 0.25) is 0 Å². The Kier molecular flexibility index (Phi) is 4.67. The second-order valence-electron chi connectivity index (χ2n) is 5.25. The van der Waals surface area contributed by atoms with Crippen LogP contribution < -0.4 is 5.73 Å². The normalized spacial score (nSPS) is 20.4. The van der Waals surface area contributed by atoms with E-state index in [0.717, 1.165) is 12.0 Å². The molecular formula is C14H22N2O3S. The molecule has 0 aromatic heterocycles. The van der Waals surface area contributed by atoms with Gasteiger partial charge in [-0.25, -0.2) is 8.42 Å². The molecule has 0 aliphatic carbocycles. The van der Waals surface area contributed by atoms with Crippen LogP contribution in [0.15, 0.2) is 23.1 Å². The molecule has 1 aromatic carbocycles. The lowest BCUT2D eigenvalue weighted by atomic mass is 10.1. The molecule has 5 nitrogen and oxygen atoms in total. The minimum atomic E-state index is -3.48. The number of anilines is 1. The minimum Gasteiger partial charge on any atom is -0.399 e. The Morgan fingerprint density at radius 3 is 2.85 bits per heavy atom. The lowest BCUT2D eigenvalue weighted by Gasteiger charge is -2.19. The quantitative estimate of drug-likeness (QED) is 0.801. The van der Waals surface area contributed by atoms with Crippen molar-refractivity contribution in [3.05, 3.63) is 23.8 Å². The maximum Gasteiger partial charge on any atom is 0.243 e. The van der Waals surface area contributed by atoms with Crippen molar-refractivity contribution < 1.29 is 13.5 Å². The van der Waals surface area contributed by atoms with E-state index in [1.54, 1.807) is 18.2 Å². The van der Waals surface area contributed by atoms with Crippen LogP contribution in [0.4, 0.5) is 5.69 Å². The summed E-state index contributed by atoms with van der Waals surface area (Å²) in [6.45, 7) is 3.05. The molecule has 112 valence electrons. The summed E-state index contributed by atoms with van der Waals surface area (Å²) in [7, 11) is -3.48. The molecular weight excluding hydrogens is 276 g/mol. The smallest absolute Gasteiger partial charge is 0.243 e. The molecule has 0 spiro atoms. The largest absolute Gasteiger partial charge is 0.399 e. The van der Waals surface area contributed by atoms with Crippen LogP contribution in [0.1, 0.15) is 25.3 Å². The van der Waals surface area contributed by atoms with E-state index in [1.807, 2.05) is 6.92 Å². The van der Waals surface area contributed by atoms with Crippen LogP contribution in [0.3, 0.4) is 0 Å². The summed E-state index contributed by atoms with van der Waals surface area (Å²) < 4.78 is 27.0. The fourth-order valence-electron chi connectivity index (χ4n) is 2.68. The van der Waals surface area contributed by atoms with E-state index >= 15 is 0 Å². The Morgan fingerprint density at radius 1 is 1.45 bits per heavy atom. The predicted octanol–water partition coefficient (Wildman–Crippen LogP) is 1.22. The molecule has 20 heavy (non-hydrogen) atoms. The Labute approximate surface area is 120 Å². The fourth-order valence-corrected chi connectivity index (χ4v) is 4.54. The van der Waals surface area contributed by atoms with Gasteiger partial charge in [-0.15, -0.1) is 0 Å². The molecule has 1 aliphatic rings. The number of aryl methyl sites for hydroxylation is 1. The van der Waals surface area contributed by atoms with Crippen molar-refractivity contribution in [2.45, 2.75) is 31.1 Å². The highest BCUT2D eigenvalue weighted by Crippen LogP contribution is 2.29. The van der Waals surface area contributed by atoms with E-state index in [4.69, 9.17) is 10.8 Å². The van der Waals surface area contributed by atoms with Gasteiger partial charge in [-0.1, -0.05) is 13.0 Å². The van der Waals surface area contributed by atoms with Crippen LogP contribution >= 0.6 is 0 Å². The number of benzene rings is 1. The van der Waals surface area contributed by atoms with E-state index in [2.05, 4.69) is 0 Å². The molecule has 1 aromatic rings. The van der Waals surface area contributed by atoms with Crippen LogP contribution in [0.5, 0.6) is 0 Å². The number of aliphatic hydroxyl groups is 1. The lowest BCUT2D eigenvalue weighted by Crippen LogP contribution is -2.29. The summed E-state index contributed by atoms with van der Waals surface area (Å²) in [5.41, 5.74) is 7.00. The molecule has 0 radical (unpaired) electrons. The Hall–Kier alpha value is -1.11. The summed E-state index contributed by atoms with van der Waals surface area (Å²) in [6.07, 6.45) is 2.12. The van der Waals surface area contributed by atoms with E-state index in [0.29, 0.717) is 36.5 Å². The van der Waals surface area contributed by atoms with E-state index in [1.165, 1.54) is 4.31 Å². The minimum absolute atomic E-state index is 0.108. The maximum absolute atomic E-state index is 12.7. The van der Waals surface area contributed by atoms with E-state index in [-0.39, 0.29) is 12.5 Å². The summed E-state index contributed by atoms with van der Waals surface area (Å²) in [5, 5.41) is 8.97. The summed E-state index contributed by atoms with van der Waals surface area (Å²) in [5.74, 6) is 0.251. The van der Waals surface area contributed by atoms with Gasteiger partial charge < -0.3 is 10.8 Å². The molecule has 0 bridgehead atoms. The molecule has 0 saturated carbocycles. The van der Waals surface area contributed by atoms with E-state index in [9.17, 15) is 8.42 Å². The van der Waals surface area contributed by atoms with Crippen molar-refractivity contribution in [2.75, 3.05) is 25.4 Å². The zero-order valence-electron chi connectivity index (χ0n) is 11.7. The van der Waals surface area contributed by atoms with Gasteiger partial charge in [-0.2, -0.15) is 4.31 Å². The van der Waals surface area contributed by atoms with Gasteiger partial charge in [0.2, 0.25) is 10.0 Å². The first-order valence-electron chi connectivity index (χ1n) is 6.98. The first kappa shape index (κ1) is 15.3. The number of rotatable bonds is 5.